The number of halogens is 1. The van der Waals surface area contributed by atoms with Crippen LogP contribution in [0.5, 0.6) is 0 Å². The quantitative estimate of drug-likeness (QED) is 0.880. The lowest BCUT2D eigenvalue weighted by Crippen LogP contribution is -2.20. The van der Waals surface area contributed by atoms with Crippen molar-refractivity contribution in [3.05, 3.63) is 36.7 Å². The molecule has 0 fully saturated rings. The van der Waals surface area contributed by atoms with Crippen molar-refractivity contribution in [1.82, 2.24) is 14.8 Å². The second kappa shape index (κ2) is 5.59. The number of hydrogen-bond donors (Lipinski definition) is 1. The molecule has 1 atom stereocenters. The maximum atomic E-state index is 13.9. The Morgan fingerprint density at radius 2 is 2.33 bits per heavy atom. The Balaban J connectivity index is 2.15. The van der Waals surface area contributed by atoms with Gasteiger partial charge in [0.05, 0.1) is 6.61 Å². The zero-order valence-electron chi connectivity index (χ0n) is 10.3. The average Bonchev–Trinajstić information content (AvgIpc) is 2.82. The first-order valence-electron chi connectivity index (χ1n) is 5.60. The standard InChI is InChI=1S/C12H15FN4O/c1-9(6-18-2)16-10-3-4-12(11(13)5-10)17-8-14-7-15-17/h3-5,7-9,16H,6H2,1-2H3. The number of aromatic nitrogens is 3. The van der Waals surface area contributed by atoms with Crippen LogP contribution in [0.3, 0.4) is 0 Å². The Hall–Kier alpha value is -1.95. The summed E-state index contributed by atoms with van der Waals surface area (Å²) in [7, 11) is 1.63. The molecule has 0 saturated heterocycles. The van der Waals surface area contributed by atoms with Gasteiger partial charge in [0.2, 0.25) is 0 Å². The van der Waals surface area contributed by atoms with Crippen LogP contribution in [0.2, 0.25) is 0 Å². The number of benzene rings is 1. The smallest absolute Gasteiger partial charge is 0.150 e. The molecule has 0 spiro atoms. The highest BCUT2D eigenvalue weighted by atomic mass is 19.1. The molecule has 0 aliphatic heterocycles. The molecule has 1 aromatic heterocycles. The third-order valence-electron chi connectivity index (χ3n) is 2.44. The van der Waals surface area contributed by atoms with Crippen molar-refractivity contribution in [3.8, 4) is 5.69 Å². The van der Waals surface area contributed by atoms with E-state index in [0.717, 1.165) is 0 Å². The highest BCUT2D eigenvalue weighted by molar-refractivity contribution is 5.49. The molecule has 1 unspecified atom stereocenters. The maximum absolute atomic E-state index is 13.9. The van der Waals surface area contributed by atoms with E-state index in [4.69, 9.17) is 4.74 Å². The molecule has 2 rings (SSSR count). The predicted molar refractivity (Wildman–Crippen MR) is 66.3 cm³/mol. The molecule has 0 amide bonds. The largest absolute Gasteiger partial charge is 0.383 e. The first-order chi connectivity index (χ1) is 8.70. The summed E-state index contributed by atoms with van der Waals surface area (Å²) in [6.45, 7) is 2.53. The fraction of sp³-hybridized carbons (Fsp3) is 0.333. The van der Waals surface area contributed by atoms with Gasteiger partial charge in [-0.05, 0) is 25.1 Å². The second-order valence-electron chi connectivity index (χ2n) is 4.01. The summed E-state index contributed by atoms with van der Waals surface area (Å²) in [5.74, 6) is -0.352. The molecule has 0 bridgehead atoms. The van der Waals surface area contributed by atoms with Crippen molar-refractivity contribution in [2.45, 2.75) is 13.0 Å². The lowest BCUT2D eigenvalue weighted by Gasteiger charge is -2.14. The minimum Gasteiger partial charge on any atom is -0.383 e. The van der Waals surface area contributed by atoms with E-state index in [1.54, 1.807) is 19.2 Å². The van der Waals surface area contributed by atoms with Gasteiger partial charge in [0.15, 0.2) is 5.82 Å². The molecule has 5 nitrogen and oxygen atoms in total. The number of anilines is 1. The van der Waals surface area contributed by atoms with E-state index in [1.165, 1.54) is 23.4 Å². The van der Waals surface area contributed by atoms with E-state index < -0.39 is 0 Å². The van der Waals surface area contributed by atoms with Gasteiger partial charge in [-0.1, -0.05) is 0 Å². The van der Waals surface area contributed by atoms with E-state index in [2.05, 4.69) is 15.4 Å². The van der Waals surface area contributed by atoms with Gasteiger partial charge in [0, 0.05) is 18.8 Å². The van der Waals surface area contributed by atoms with Crippen molar-refractivity contribution in [1.29, 1.82) is 0 Å². The topological polar surface area (TPSA) is 52.0 Å². The Labute approximate surface area is 105 Å². The van der Waals surface area contributed by atoms with Crippen LogP contribution in [0.25, 0.3) is 5.69 Å². The lowest BCUT2D eigenvalue weighted by molar-refractivity contribution is 0.190. The Kier molecular flexibility index (Phi) is 3.88. The summed E-state index contributed by atoms with van der Waals surface area (Å²) in [6.07, 6.45) is 2.82. The zero-order valence-corrected chi connectivity index (χ0v) is 10.3. The van der Waals surface area contributed by atoms with Gasteiger partial charge in [0.1, 0.15) is 18.3 Å². The van der Waals surface area contributed by atoms with E-state index in [-0.39, 0.29) is 11.9 Å². The summed E-state index contributed by atoms with van der Waals surface area (Å²) in [5.41, 5.74) is 1.08. The number of ether oxygens (including phenoxy) is 1. The van der Waals surface area contributed by atoms with Crippen LogP contribution >= 0.6 is 0 Å². The molecule has 96 valence electrons. The van der Waals surface area contributed by atoms with Crippen LogP contribution in [0, 0.1) is 5.82 Å². The minimum absolute atomic E-state index is 0.117. The molecule has 0 aliphatic rings. The monoisotopic (exact) mass is 250 g/mol. The average molecular weight is 250 g/mol. The molecule has 2 aromatic rings. The molecule has 1 heterocycles. The van der Waals surface area contributed by atoms with Gasteiger partial charge < -0.3 is 10.1 Å². The third-order valence-corrected chi connectivity index (χ3v) is 2.44. The lowest BCUT2D eigenvalue weighted by atomic mass is 10.2. The number of nitrogens with zero attached hydrogens (tertiary/aromatic N) is 3. The summed E-state index contributed by atoms with van der Waals surface area (Å²) >= 11 is 0. The van der Waals surface area contributed by atoms with Gasteiger partial charge in [0.25, 0.3) is 0 Å². The van der Waals surface area contributed by atoms with E-state index in [0.29, 0.717) is 18.0 Å². The Morgan fingerprint density at radius 3 is 2.94 bits per heavy atom. The third kappa shape index (κ3) is 2.84. The predicted octanol–water partition coefficient (Wildman–Crippen LogP) is 1.85. The zero-order chi connectivity index (χ0) is 13.0. The van der Waals surface area contributed by atoms with Crippen molar-refractivity contribution >= 4 is 5.69 Å². The van der Waals surface area contributed by atoms with Gasteiger partial charge in [-0.25, -0.2) is 14.1 Å². The number of nitrogens with one attached hydrogen (secondary N) is 1. The highest BCUT2D eigenvalue weighted by Gasteiger charge is 2.07. The molecule has 6 heteroatoms. The number of rotatable bonds is 5. The first-order valence-corrected chi connectivity index (χ1v) is 5.60. The SMILES string of the molecule is COCC(C)Nc1ccc(-n2cncn2)c(F)c1. The van der Waals surface area contributed by atoms with Crippen LogP contribution in [-0.4, -0.2) is 34.5 Å². The highest BCUT2D eigenvalue weighted by Crippen LogP contribution is 2.17. The molecular formula is C12H15FN4O. The summed E-state index contributed by atoms with van der Waals surface area (Å²) in [5, 5.41) is 7.04. The fourth-order valence-electron chi connectivity index (χ4n) is 1.69. The van der Waals surface area contributed by atoms with E-state index in [9.17, 15) is 4.39 Å². The molecule has 0 saturated carbocycles. The molecule has 0 aliphatic carbocycles. The fourth-order valence-corrected chi connectivity index (χ4v) is 1.69. The number of hydrogen-bond acceptors (Lipinski definition) is 4. The summed E-state index contributed by atoms with van der Waals surface area (Å²) in [6, 6.07) is 5.01. The Morgan fingerprint density at radius 1 is 1.50 bits per heavy atom. The van der Waals surface area contributed by atoms with Crippen LogP contribution in [0.1, 0.15) is 6.92 Å². The Bertz CT molecular complexity index is 501. The van der Waals surface area contributed by atoms with Gasteiger partial charge >= 0.3 is 0 Å². The van der Waals surface area contributed by atoms with Gasteiger partial charge in [-0.3, -0.25) is 0 Å². The number of methoxy groups -OCH3 is 1. The van der Waals surface area contributed by atoms with Crippen LogP contribution in [0.4, 0.5) is 10.1 Å². The van der Waals surface area contributed by atoms with Crippen LogP contribution in [-0.2, 0) is 4.74 Å². The molecular weight excluding hydrogens is 235 g/mol. The summed E-state index contributed by atoms with van der Waals surface area (Å²) < 4.78 is 20.3. The minimum atomic E-state index is -0.352. The van der Waals surface area contributed by atoms with Crippen molar-refractivity contribution < 1.29 is 9.13 Å². The molecule has 18 heavy (non-hydrogen) atoms. The summed E-state index contributed by atoms with van der Waals surface area (Å²) in [4.78, 5) is 3.79. The van der Waals surface area contributed by atoms with Crippen LogP contribution < -0.4 is 5.32 Å². The van der Waals surface area contributed by atoms with Crippen molar-refractivity contribution in [2.75, 3.05) is 19.0 Å². The van der Waals surface area contributed by atoms with Crippen molar-refractivity contribution in [3.63, 3.8) is 0 Å². The van der Waals surface area contributed by atoms with E-state index >= 15 is 0 Å². The van der Waals surface area contributed by atoms with E-state index in [1.807, 2.05) is 6.92 Å². The molecule has 0 radical (unpaired) electrons. The van der Waals surface area contributed by atoms with Gasteiger partial charge in [-0.2, -0.15) is 5.10 Å². The maximum Gasteiger partial charge on any atom is 0.150 e. The van der Waals surface area contributed by atoms with Crippen LogP contribution in [0.15, 0.2) is 30.9 Å². The van der Waals surface area contributed by atoms with Gasteiger partial charge in [-0.15, -0.1) is 0 Å². The first kappa shape index (κ1) is 12.5. The van der Waals surface area contributed by atoms with Crippen molar-refractivity contribution in [2.24, 2.45) is 0 Å². The second-order valence-corrected chi connectivity index (χ2v) is 4.01. The molecule has 1 N–H and O–H groups in total. The molecule has 1 aromatic carbocycles. The normalized spacial score (nSPS) is 12.4.